The van der Waals surface area contributed by atoms with E-state index < -0.39 is 0 Å². The Labute approximate surface area is 128 Å². The highest BCUT2D eigenvalue weighted by Crippen LogP contribution is 2.28. The van der Waals surface area contributed by atoms with Crippen molar-refractivity contribution in [3.8, 4) is 0 Å². The number of aromatic nitrogens is 1. The highest BCUT2D eigenvalue weighted by atomic mass is 15.2. The van der Waals surface area contributed by atoms with Crippen molar-refractivity contribution in [3.63, 3.8) is 0 Å². The molecule has 1 aromatic heterocycles. The molecule has 1 atom stereocenters. The predicted octanol–water partition coefficient (Wildman–Crippen LogP) is 1.95. The lowest BCUT2D eigenvalue weighted by Gasteiger charge is -2.38. The summed E-state index contributed by atoms with van der Waals surface area (Å²) in [7, 11) is 4.36. The van der Waals surface area contributed by atoms with Crippen LogP contribution in [0.5, 0.6) is 0 Å². The van der Waals surface area contributed by atoms with Crippen LogP contribution in [-0.4, -0.2) is 43.1 Å². The van der Waals surface area contributed by atoms with E-state index in [4.69, 9.17) is 10.7 Å². The molecule has 1 aliphatic carbocycles. The fraction of sp³-hybridized carbons (Fsp3) is 0.706. The normalized spacial score (nSPS) is 22.5. The minimum absolute atomic E-state index is 0.596. The number of likely N-dealkylation sites (N-methyl/N-ethyl adjacent to an activating group) is 1. The van der Waals surface area contributed by atoms with Crippen LogP contribution < -0.4 is 10.6 Å². The van der Waals surface area contributed by atoms with Crippen molar-refractivity contribution in [2.24, 2.45) is 5.73 Å². The maximum Gasteiger partial charge on any atom is 0.133 e. The molecule has 0 radical (unpaired) electrons. The minimum atomic E-state index is 0.596. The lowest BCUT2D eigenvalue weighted by Crippen LogP contribution is -2.46. The Hall–Kier alpha value is -1.13. The van der Waals surface area contributed by atoms with Crippen LogP contribution >= 0.6 is 0 Å². The molecule has 116 valence electrons. The van der Waals surface area contributed by atoms with Crippen LogP contribution in [0.2, 0.25) is 0 Å². The summed E-state index contributed by atoms with van der Waals surface area (Å²) in [4.78, 5) is 9.83. The molecule has 0 spiro atoms. The second-order valence-electron chi connectivity index (χ2n) is 6.69. The molecular weight excluding hydrogens is 260 g/mol. The molecule has 0 amide bonds. The smallest absolute Gasteiger partial charge is 0.133 e. The Kier molecular flexibility index (Phi) is 4.45. The van der Waals surface area contributed by atoms with Crippen LogP contribution in [0.4, 0.5) is 5.82 Å². The molecule has 2 heterocycles. The van der Waals surface area contributed by atoms with Crippen LogP contribution in [0.1, 0.15) is 42.5 Å². The predicted molar refractivity (Wildman–Crippen MR) is 87.7 cm³/mol. The van der Waals surface area contributed by atoms with Gasteiger partial charge in [-0.25, -0.2) is 4.98 Å². The zero-order valence-electron chi connectivity index (χ0n) is 13.4. The topological polar surface area (TPSA) is 45.4 Å². The lowest BCUT2D eigenvalue weighted by atomic mass is 9.94. The van der Waals surface area contributed by atoms with E-state index in [1.807, 2.05) is 0 Å². The van der Waals surface area contributed by atoms with Gasteiger partial charge in [-0.2, -0.15) is 0 Å². The first-order chi connectivity index (χ1) is 10.2. The number of anilines is 1. The van der Waals surface area contributed by atoms with E-state index in [1.54, 1.807) is 0 Å². The average Bonchev–Trinajstić information content (AvgIpc) is 2.53. The summed E-state index contributed by atoms with van der Waals surface area (Å²) >= 11 is 0. The second-order valence-corrected chi connectivity index (χ2v) is 6.69. The quantitative estimate of drug-likeness (QED) is 0.923. The summed E-state index contributed by atoms with van der Waals surface area (Å²) in [5, 5.41) is 0. The summed E-state index contributed by atoms with van der Waals surface area (Å²) in [6.45, 7) is 2.79. The first kappa shape index (κ1) is 14.8. The van der Waals surface area contributed by atoms with E-state index in [2.05, 4.69) is 30.0 Å². The molecule has 0 bridgehead atoms. The van der Waals surface area contributed by atoms with Gasteiger partial charge in [0, 0.05) is 36.9 Å². The number of nitrogens with two attached hydrogens (primary N) is 1. The van der Waals surface area contributed by atoms with Crippen LogP contribution in [0.15, 0.2) is 6.07 Å². The van der Waals surface area contributed by atoms with Gasteiger partial charge in [-0.1, -0.05) is 0 Å². The molecule has 4 nitrogen and oxygen atoms in total. The van der Waals surface area contributed by atoms with Crippen molar-refractivity contribution in [1.82, 2.24) is 9.88 Å². The van der Waals surface area contributed by atoms with Gasteiger partial charge in [0.05, 0.1) is 0 Å². The Morgan fingerprint density at radius 2 is 2.10 bits per heavy atom. The first-order valence-corrected chi connectivity index (χ1v) is 8.32. The van der Waals surface area contributed by atoms with Gasteiger partial charge in [0.15, 0.2) is 0 Å². The number of pyridine rings is 1. The molecule has 1 aliphatic heterocycles. The molecule has 21 heavy (non-hydrogen) atoms. The molecule has 1 saturated heterocycles. The van der Waals surface area contributed by atoms with Gasteiger partial charge >= 0.3 is 0 Å². The van der Waals surface area contributed by atoms with E-state index >= 15 is 0 Å². The monoisotopic (exact) mass is 288 g/mol. The van der Waals surface area contributed by atoms with Crippen molar-refractivity contribution in [2.75, 3.05) is 32.1 Å². The molecule has 1 unspecified atom stereocenters. The van der Waals surface area contributed by atoms with Gasteiger partial charge in [-0.15, -0.1) is 0 Å². The highest BCUT2D eigenvalue weighted by Gasteiger charge is 2.25. The van der Waals surface area contributed by atoms with Gasteiger partial charge in [0.2, 0.25) is 0 Å². The number of aryl methyl sites for hydroxylation is 2. The van der Waals surface area contributed by atoms with Crippen molar-refractivity contribution < 1.29 is 0 Å². The molecule has 4 heteroatoms. The maximum atomic E-state index is 6.01. The van der Waals surface area contributed by atoms with Gasteiger partial charge in [-0.05, 0) is 64.3 Å². The van der Waals surface area contributed by atoms with Crippen molar-refractivity contribution in [1.29, 1.82) is 0 Å². The summed E-state index contributed by atoms with van der Waals surface area (Å²) in [6, 6.07) is 2.96. The standard InChI is InChI=1S/C17H28N4/c1-20(2)15-7-5-9-21(12-15)17-14(11-18)10-13-6-3-4-8-16(13)19-17/h10,15H,3-9,11-12,18H2,1-2H3. The average molecular weight is 288 g/mol. The van der Waals surface area contributed by atoms with Gasteiger partial charge in [0.25, 0.3) is 0 Å². The molecule has 3 rings (SSSR count). The number of hydrogen-bond acceptors (Lipinski definition) is 4. The van der Waals surface area contributed by atoms with E-state index in [0.29, 0.717) is 12.6 Å². The van der Waals surface area contributed by atoms with Crippen LogP contribution in [-0.2, 0) is 19.4 Å². The van der Waals surface area contributed by atoms with E-state index in [-0.39, 0.29) is 0 Å². The molecule has 1 fully saturated rings. The minimum Gasteiger partial charge on any atom is -0.355 e. The van der Waals surface area contributed by atoms with E-state index in [0.717, 1.165) is 25.3 Å². The van der Waals surface area contributed by atoms with Gasteiger partial charge in [0.1, 0.15) is 5.82 Å². The molecule has 0 aromatic carbocycles. The number of fused-ring (bicyclic) bond motifs is 1. The van der Waals surface area contributed by atoms with Crippen molar-refractivity contribution >= 4 is 5.82 Å². The van der Waals surface area contributed by atoms with Crippen LogP contribution in [0.25, 0.3) is 0 Å². The lowest BCUT2D eigenvalue weighted by molar-refractivity contribution is 0.257. The molecule has 2 N–H and O–H groups in total. The van der Waals surface area contributed by atoms with Gasteiger partial charge in [-0.3, -0.25) is 0 Å². The number of rotatable bonds is 3. The fourth-order valence-corrected chi connectivity index (χ4v) is 3.66. The van der Waals surface area contributed by atoms with Crippen molar-refractivity contribution in [3.05, 3.63) is 22.9 Å². The summed E-state index contributed by atoms with van der Waals surface area (Å²) in [5.74, 6) is 1.16. The third kappa shape index (κ3) is 3.06. The maximum absolute atomic E-state index is 6.01. The molecule has 1 aromatic rings. The highest BCUT2D eigenvalue weighted by molar-refractivity contribution is 5.51. The summed E-state index contributed by atoms with van der Waals surface area (Å²) in [6.07, 6.45) is 7.41. The number of hydrogen-bond donors (Lipinski definition) is 1. The van der Waals surface area contributed by atoms with Crippen LogP contribution in [0.3, 0.4) is 0 Å². The fourth-order valence-electron chi connectivity index (χ4n) is 3.66. The van der Waals surface area contributed by atoms with Crippen molar-refractivity contribution in [2.45, 2.75) is 51.1 Å². The zero-order valence-corrected chi connectivity index (χ0v) is 13.4. The van der Waals surface area contributed by atoms with E-state index in [9.17, 15) is 0 Å². The Morgan fingerprint density at radius 3 is 2.86 bits per heavy atom. The van der Waals surface area contributed by atoms with E-state index in [1.165, 1.54) is 48.9 Å². The Morgan fingerprint density at radius 1 is 1.29 bits per heavy atom. The Bertz CT molecular complexity index is 498. The van der Waals surface area contributed by atoms with Crippen LogP contribution in [0, 0.1) is 0 Å². The first-order valence-electron chi connectivity index (χ1n) is 8.32. The molecule has 0 saturated carbocycles. The Balaban J connectivity index is 1.89. The third-order valence-electron chi connectivity index (χ3n) is 5.00. The SMILES string of the molecule is CN(C)C1CCCN(c2nc3c(cc2CN)CCCC3)C1. The largest absolute Gasteiger partial charge is 0.355 e. The number of piperidine rings is 1. The summed E-state index contributed by atoms with van der Waals surface area (Å²) < 4.78 is 0. The third-order valence-corrected chi connectivity index (χ3v) is 5.00. The molecule has 2 aliphatic rings. The van der Waals surface area contributed by atoms with Gasteiger partial charge < -0.3 is 15.5 Å². The zero-order chi connectivity index (χ0) is 14.8. The molecular formula is C17H28N4. The second kappa shape index (κ2) is 6.32. The summed E-state index contributed by atoms with van der Waals surface area (Å²) in [5.41, 5.74) is 10.00. The number of nitrogens with zero attached hydrogens (tertiary/aromatic N) is 3.